The molecule has 0 radical (unpaired) electrons. The zero-order chi connectivity index (χ0) is 13.8. The van der Waals surface area contributed by atoms with Crippen molar-refractivity contribution in [1.82, 2.24) is 9.78 Å². The summed E-state index contributed by atoms with van der Waals surface area (Å²) in [5.74, 6) is -0.222. The molecule has 0 aliphatic carbocycles. The number of aromatic hydroxyl groups is 1. The minimum absolute atomic E-state index is 0.00174. The van der Waals surface area contributed by atoms with E-state index in [1.807, 2.05) is 24.7 Å². The number of allylic oxidation sites excluding steroid dienone is 1. The fourth-order valence-electron chi connectivity index (χ4n) is 1.80. The molecule has 1 N–H and O–H groups in total. The van der Waals surface area contributed by atoms with E-state index in [0.717, 1.165) is 17.8 Å². The first kappa shape index (κ1) is 13.1. The first-order valence-electron chi connectivity index (χ1n) is 6.16. The smallest absolute Gasteiger partial charge is 0.189 e. The number of rotatable bonds is 4. The lowest BCUT2D eigenvalue weighted by atomic mass is 10.1. The van der Waals surface area contributed by atoms with Gasteiger partial charge in [-0.1, -0.05) is 12.1 Å². The first-order chi connectivity index (χ1) is 9.11. The molecule has 4 nitrogen and oxygen atoms in total. The molecule has 0 aliphatic heterocycles. The molecule has 0 aliphatic rings. The Kier molecular flexibility index (Phi) is 3.80. The van der Waals surface area contributed by atoms with Crippen LogP contribution in [0, 0.1) is 6.92 Å². The third kappa shape index (κ3) is 2.91. The zero-order valence-electron chi connectivity index (χ0n) is 11.0. The number of aromatic nitrogens is 2. The largest absolute Gasteiger partial charge is 0.507 e. The molecule has 0 saturated heterocycles. The minimum Gasteiger partial charge on any atom is -0.507 e. The lowest BCUT2D eigenvalue weighted by Gasteiger charge is -1.98. The molecule has 0 saturated carbocycles. The summed E-state index contributed by atoms with van der Waals surface area (Å²) in [5.41, 5.74) is 2.09. The van der Waals surface area contributed by atoms with Crippen molar-refractivity contribution in [2.24, 2.45) is 0 Å². The maximum atomic E-state index is 12.0. The van der Waals surface area contributed by atoms with Crippen molar-refractivity contribution in [3.8, 4) is 5.75 Å². The topological polar surface area (TPSA) is 55.1 Å². The van der Waals surface area contributed by atoms with Crippen LogP contribution in [0.4, 0.5) is 0 Å². The predicted molar refractivity (Wildman–Crippen MR) is 74.1 cm³/mol. The van der Waals surface area contributed by atoms with Gasteiger partial charge in [0.05, 0.1) is 11.3 Å². The van der Waals surface area contributed by atoms with Gasteiger partial charge in [0.1, 0.15) is 5.75 Å². The molecule has 0 bridgehead atoms. The summed E-state index contributed by atoms with van der Waals surface area (Å²) in [4.78, 5) is 12.0. The van der Waals surface area contributed by atoms with Gasteiger partial charge < -0.3 is 5.11 Å². The molecule has 0 fully saturated rings. The Morgan fingerprint density at radius 1 is 1.42 bits per heavy atom. The number of para-hydroxylation sites is 1. The highest BCUT2D eigenvalue weighted by Gasteiger charge is 2.07. The third-order valence-corrected chi connectivity index (χ3v) is 2.89. The molecule has 0 atom stereocenters. The van der Waals surface area contributed by atoms with Crippen molar-refractivity contribution >= 4 is 11.9 Å². The fraction of sp³-hybridized carbons (Fsp3) is 0.200. The summed E-state index contributed by atoms with van der Waals surface area (Å²) in [6.07, 6.45) is 5.08. The van der Waals surface area contributed by atoms with Crippen molar-refractivity contribution in [1.29, 1.82) is 0 Å². The predicted octanol–water partition coefficient (Wildman–Crippen LogP) is 2.81. The van der Waals surface area contributed by atoms with Crippen LogP contribution in [0.1, 0.15) is 28.5 Å². The van der Waals surface area contributed by atoms with E-state index in [0.29, 0.717) is 5.56 Å². The highest BCUT2D eigenvalue weighted by molar-refractivity contribution is 6.08. The molecule has 98 valence electrons. The normalized spacial score (nSPS) is 11.1. The Morgan fingerprint density at radius 3 is 2.79 bits per heavy atom. The molecule has 2 rings (SSSR count). The Bertz CT molecular complexity index is 627. The average Bonchev–Trinajstić information content (AvgIpc) is 2.77. The molecular formula is C15H16N2O2. The number of hydrogen-bond acceptors (Lipinski definition) is 3. The highest BCUT2D eigenvalue weighted by Crippen LogP contribution is 2.17. The zero-order valence-corrected chi connectivity index (χ0v) is 11.0. The quantitative estimate of drug-likeness (QED) is 0.676. The standard InChI is InChI=1S/C15H16N2O2/c1-3-17-10-12(11(2)16-17)8-9-15(19)13-6-4-5-7-14(13)18/h4-10,18H,3H2,1-2H3/b9-8+. The van der Waals surface area contributed by atoms with Crippen molar-refractivity contribution in [3.63, 3.8) is 0 Å². The number of ketones is 1. The van der Waals surface area contributed by atoms with Crippen LogP contribution in [0.2, 0.25) is 0 Å². The van der Waals surface area contributed by atoms with E-state index < -0.39 is 0 Å². The van der Waals surface area contributed by atoms with Gasteiger partial charge in [0.25, 0.3) is 0 Å². The van der Waals surface area contributed by atoms with Crippen LogP contribution >= 0.6 is 0 Å². The number of carbonyl (C=O) groups is 1. The summed E-state index contributed by atoms with van der Waals surface area (Å²) in [6.45, 7) is 4.70. The number of nitrogens with zero attached hydrogens (tertiary/aromatic N) is 2. The second kappa shape index (κ2) is 5.52. The Morgan fingerprint density at radius 2 is 2.16 bits per heavy atom. The van der Waals surface area contributed by atoms with Crippen LogP contribution in [0.3, 0.4) is 0 Å². The molecule has 1 aromatic carbocycles. The van der Waals surface area contributed by atoms with Crippen molar-refractivity contribution in [3.05, 3.63) is 53.4 Å². The second-order valence-corrected chi connectivity index (χ2v) is 4.24. The number of hydrogen-bond donors (Lipinski definition) is 1. The monoisotopic (exact) mass is 256 g/mol. The molecule has 4 heteroatoms. The Hall–Kier alpha value is -2.36. The highest BCUT2D eigenvalue weighted by atomic mass is 16.3. The van der Waals surface area contributed by atoms with Gasteiger partial charge in [0.15, 0.2) is 5.78 Å². The lowest BCUT2D eigenvalue weighted by Crippen LogP contribution is -1.94. The summed E-state index contributed by atoms with van der Waals surface area (Å²) >= 11 is 0. The molecule has 0 amide bonds. The third-order valence-electron chi connectivity index (χ3n) is 2.89. The van der Waals surface area contributed by atoms with Gasteiger partial charge in [-0.25, -0.2) is 0 Å². The van der Waals surface area contributed by atoms with Crippen LogP contribution in [0.5, 0.6) is 5.75 Å². The first-order valence-corrected chi connectivity index (χ1v) is 6.16. The van der Waals surface area contributed by atoms with E-state index in [2.05, 4.69) is 5.10 Å². The molecular weight excluding hydrogens is 240 g/mol. The van der Waals surface area contributed by atoms with Gasteiger partial charge in [-0.05, 0) is 38.1 Å². The summed E-state index contributed by atoms with van der Waals surface area (Å²) in [7, 11) is 0. The summed E-state index contributed by atoms with van der Waals surface area (Å²) in [6, 6.07) is 6.51. The molecule has 1 heterocycles. The van der Waals surface area contributed by atoms with Crippen molar-refractivity contribution < 1.29 is 9.90 Å². The maximum absolute atomic E-state index is 12.0. The van der Waals surface area contributed by atoms with Gasteiger partial charge in [-0.3, -0.25) is 9.48 Å². The molecule has 1 aromatic heterocycles. The summed E-state index contributed by atoms with van der Waals surface area (Å²) in [5, 5.41) is 13.9. The van der Waals surface area contributed by atoms with E-state index in [-0.39, 0.29) is 11.5 Å². The van der Waals surface area contributed by atoms with E-state index in [9.17, 15) is 9.90 Å². The number of phenols is 1. The van der Waals surface area contributed by atoms with Gasteiger partial charge in [-0.2, -0.15) is 5.10 Å². The van der Waals surface area contributed by atoms with Crippen LogP contribution in [-0.2, 0) is 6.54 Å². The molecule has 0 spiro atoms. The maximum Gasteiger partial charge on any atom is 0.189 e. The fourth-order valence-corrected chi connectivity index (χ4v) is 1.80. The Labute approximate surface area is 112 Å². The summed E-state index contributed by atoms with van der Waals surface area (Å²) < 4.78 is 1.82. The van der Waals surface area contributed by atoms with Gasteiger partial charge >= 0.3 is 0 Å². The van der Waals surface area contributed by atoms with Crippen LogP contribution in [0.15, 0.2) is 36.5 Å². The number of phenolic OH excluding ortho intramolecular Hbond substituents is 1. The van der Waals surface area contributed by atoms with Crippen molar-refractivity contribution in [2.45, 2.75) is 20.4 Å². The van der Waals surface area contributed by atoms with E-state index >= 15 is 0 Å². The van der Waals surface area contributed by atoms with Gasteiger partial charge in [0, 0.05) is 18.3 Å². The second-order valence-electron chi connectivity index (χ2n) is 4.24. The molecule has 19 heavy (non-hydrogen) atoms. The van der Waals surface area contributed by atoms with Gasteiger partial charge in [-0.15, -0.1) is 0 Å². The van der Waals surface area contributed by atoms with Crippen molar-refractivity contribution in [2.75, 3.05) is 0 Å². The SMILES string of the molecule is CCn1cc(/C=C/C(=O)c2ccccc2O)c(C)n1. The lowest BCUT2D eigenvalue weighted by molar-refractivity contribution is 0.104. The average molecular weight is 256 g/mol. The molecule has 0 unspecified atom stereocenters. The van der Waals surface area contributed by atoms with Crippen LogP contribution in [-0.4, -0.2) is 20.7 Å². The van der Waals surface area contributed by atoms with E-state index in [4.69, 9.17) is 0 Å². The minimum atomic E-state index is -0.221. The number of carbonyl (C=O) groups excluding carboxylic acids is 1. The number of benzene rings is 1. The Balaban J connectivity index is 2.21. The van der Waals surface area contributed by atoms with E-state index in [1.165, 1.54) is 12.1 Å². The van der Waals surface area contributed by atoms with Gasteiger partial charge in [0.2, 0.25) is 0 Å². The van der Waals surface area contributed by atoms with E-state index in [1.54, 1.807) is 24.3 Å². The number of aryl methyl sites for hydroxylation is 2. The van der Waals surface area contributed by atoms with Crippen LogP contribution in [0.25, 0.3) is 6.08 Å². The molecule has 2 aromatic rings. The van der Waals surface area contributed by atoms with Crippen LogP contribution < -0.4 is 0 Å².